The Kier molecular flexibility index (Phi) is 4.12. The Morgan fingerprint density at radius 2 is 2.29 bits per heavy atom. The van der Waals surface area contributed by atoms with Crippen LogP contribution in [0.4, 0.5) is 0 Å². The Bertz CT molecular complexity index is 405. The smallest absolute Gasteiger partial charge is 0.236 e. The van der Waals surface area contributed by atoms with Crippen molar-refractivity contribution in [2.24, 2.45) is 0 Å². The Morgan fingerprint density at radius 1 is 1.53 bits per heavy atom. The molecule has 1 fully saturated rings. The number of nitrogens with one attached hydrogen (secondary N) is 1. The van der Waals surface area contributed by atoms with Gasteiger partial charge >= 0.3 is 0 Å². The number of nitrogens with zero attached hydrogens (tertiary/aromatic N) is 1. The number of rotatable bonds is 4. The summed E-state index contributed by atoms with van der Waals surface area (Å²) in [5.41, 5.74) is 1.30. The summed E-state index contributed by atoms with van der Waals surface area (Å²) >= 11 is 3.52. The van der Waals surface area contributed by atoms with Gasteiger partial charge in [-0.15, -0.1) is 23.1 Å². The van der Waals surface area contributed by atoms with Crippen LogP contribution in [-0.4, -0.2) is 36.2 Å². The molecule has 2 rings (SSSR count). The van der Waals surface area contributed by atoms with Gasteiger partial charge in [-0.3, -0.25) is 4.79 Å². The minimum absolute atomic E-state index is 0.0818. The molecule has 1 amide bonds. The lowest BCUT2D eigenvalue weighted by atomic mass is 10.2. The number of hydrogen-bond donors (Lipinski definition) is 1. The quantitative estimate of drug-likeness (QED) is 0.910. The monoisotopic (exact) mass is 270 g/mol. The van der Waals surface area contributed by atoms with Crippen molar-refractivity contribution in [2.45, 2.75) is 24.5 Å². The van der Waals surface area contributed by atoms with E-state index in [-0.39, 0.29) is 16.5 Å². The molecule has 1 aromatic heterocycles. The van der Waals surface area contributed by atoms with Crippen molar-refractivity contribution in [1.29, 1.82) is 0 Å². The maximum absolute atomic E-state index is 12.1. The Hall–Kier alpha value is -0.520. The number of thioether (sulfide) groups is 1. The number of hydrogen-bond acceptors (Lipinski definition) is 4. The van der Waals surface area contributed by atoms with E-state index in [1.54, 1.807) is 23.1 Å². The van der Waals surface area contributed by atoms with Crippen molar-refractivity contribution in [3.63, 3.8) is 0 Å². The van der Waals surface area contributed by atoms with Crippen LogP contribution in [0.5, 0.6) is 0 Å². The number of amides is 1. The highest BCUT2D eigenvalue weighted by Crippen LogP contribution is 2.45. The summed E-state index contributed by atoms with van der Waals surface area (Å²) in [5.74, 6) is 0.267. The molecular formula is C12H18N2OS2. The summed E-state index contributed by atoms with van der Waals surface area (Å²) in [6, 6.07) is 2.13. The average molecular weight is 270 g/mol. The van der Waals surface area contributed by atoms with Crippen LogP contribution in [0.2, 0.25) is 0 Å². The zero-order valence-electron chi connectivity index (χ0n) is 10.4. The summed E-state index contributed by atoms with van der Waals surface area (Å²) in [6.07, 6.45) is 0. The number of thiophene rings is 1. The van der Waals surface area contributed by atoms with E-state index < -0.39 is 0 Å². The van der Waals surface area contributed by atoms with Gasteiger partial charge in [-0.2, -0.15) is 0 Å². The summed E-state index contributed by atoms with van der Waals surface area (Å²) in [4.78, 5) is 15.4. The molecule has 1 aliphatic rings. The largest absolute Gasteiger partial charge is 0.323 e. The first-order valence-corrected chi connectivity index (χ1v) is 7.62. The number of carbonyl (C=O) groups is 1. The number of carbonyl (C=O) groups excluding carboxylic acids is 1. The second-order valence-electron chi connectivity index (χ2n) is 4.23. The van der Waals surface area contributed by atoms with Crippen LogP contribution in [0.3, 0.4) is 0 Å². The first-order chi connectivity index (χ1) is 8.15. The third kappa shape index (κ3) is 2.51. The lowest BCUT2D eigenvalue weighted by molar-refractivity contribution is -0.129. The molecule has 0 aliphatic carbocycles. The van der Waals surface area contributed by atoms with E-state index in [1.807, 2.05) is 18.9 Å². The molecule has 0 spiro atoms. The Morgan fingerprint density at radius 3 is 2.88 bits per heavy atom. The predicted molar refractivity (Wildman–Crippen MR) is 74.5 cm³/mol. The third-order valence-electron chi connectivity index (χ3n) is 2.98. The van der Waals surface area contributed by atoms with E-state index in [0.717, 1.165) is 13.1 Å². The van der Waals surface area contributed by atoms with Gasteiger partial charge in [0, 0.05) is 18.0 Å². The molecule has 5 heteroatoms. The summed E-state index contributed by atoms with van der Waals surface area (Å²) in [5, 5.41) is 5.51. The molecule has 0 bridgehead atoms. The second kappa shape index (κ2) is 5.42. The molecule has 0 aromatic carbocycles. The highest BCUT2D eigenvalue weighted by molar-refractivity contribution is 8.01. The maximum atomic E-state index is 12.1. The fourth-order valence-corrected chi connectivity index (χ4v) is 4.53. The Balaban J connectivity index is 2.20. The van der Waals surface area contributed by atoms with Crippen LogP contribution >= 0.6 is 23.1 Å². The van der Waals surface area contributed by atoms with E-state index in [1.165, 1.54) is 10.4 Å². The molecule has 0 saturated carbocycles. The first-order valence-electron chi connectivity index (χ1n) is 5.79. The van der Waals surface area contributed by atoms with Crippen molar-refractivity contribution >= 4 is 29.0 Å². The van der Waals surface area contributed by atoms with E-state index >= 15 is 0 Å². The SMILES string of the molecule is CNCCN1C(=O)[C@@H](C)S[C@@H]1c1sccc1C. The van der Waals surface area contributed by atoms with Crippen molar-refractivity contribution < 1.29 is 4.79 Å². The van der Waals surface area contributed by atoms with Gasteiger partial charge in [-0.25, -0.2) is 0 Å². The number of aryl methyl sites for hydroxylation is 1. The fraction of sp³-hybridized carbons (Fsp3) is 0.583. The predicted octanol–water partition coefficient (Wildman–Crippen LogP) is 2.24. The summed E-state index contributed by atoms with van der Waals surface area (Å²) in [6.45, 7) is 5.76. The van der Waals surface area contributed by atoms with Crippen molar-refractivity contribution in [2.75, 3.05) is 20.1 Å². The van der Waals surface area contributed by atoms with Crippen LogP contribution in [0.15, 0.2) is 11.4 Å². The van der Waals surface area contributed by atoms with Gasteiger partial charge in [0.15, 0.2) is 0 Å². The van der Waals surface area contributed by atoms with E-state index in [4.69, 9.17) is 0 Å². The lowest BCUT2D eigenvalue weighted by Gasteiger charge is -2.23. The molecule has 1 N–H and O–H groups in total. The van der Waals surface area contributed by atoms with E-state index in [9.17, 15) is 4.79 Å². The lowest BCUT2D eigenvalue weighted by Crippen LogP contribution is -2.35. The first kappa shape index (κ1) is 12.9. The van der Waals surface area contributed by atoms with Gasteiger partial charge in [0.05, 0.1) is 5.25 Å². The zero-order chi connectivity index (χ0) is 12.4. The Labute approximate surface area is 111 Å². The van der Waals surface area contributed by atoms with Crippen LogP contribution in [0, 0.1) is 6.92 Å². The molecule has 2 atom stereocenters. The van der Waals surface area contributed by atoms with E-state index in [0.29, 0.717) is 0 Å². The molecule has 1 saturated heterocycles. The molecule has 0 radical (unpaired) electrons. The van der Waals surface area contributed by atoms with Crippen molar-refractivity contribution in [1.82, 2.24) is 10.2 Å². The maximum Gasteiger partial charge on any atom is 0.236 e. The summed E-state index contributed by atoms with van der Waals surface area (Å²) < 4.78 is 0. The molecule has 1 aromatic rings. The molecule has 94 valence electrons. The third-order valence-corrected chi connectivity index (χ3v) is 5.55. The minimum Gasteiger partial charge on any atom is -0.323 e. The van der Waals surface area contributed by atoms with E-state index in [2.05, 4.69) is 23.7 Å². The molecule has 2 heterocycles. The van der Waals surface area contributed by atoms with Crippen LogP contribution in [-0.2, 0) is 4.79 Å². The van der Waals surface area contributed by atoms with Gasteiger partial charge in [-0.05, 0) is 37.9 Å². The van der Waals surface area contributed by atoms with Crippen molar-refractivity contribution in [3.8, 4) is 0 Å². The van der Waals surface area contributed by atoms with Gasteiger partial charge in [-0.1, -0.05) is 0 Å². The van der Waals surface area contributed by atoms with Gasteiger partial charge in [0.2, 0.25) is 5.91 Å². The standard InChI is InChI=1S/C12H18N2OS2/c1-8-4-7-16-10(8)12-14(6-5-13-3)11(15)9(2)17-12/h4,7,9,12-13H,5-6H2,1-3H3/t9-,12-/m1/s1. The molecule has 17 heavy (non-hydrogen) atoms. The summed E-state index contributed by atoms with van der Waals surface area (Å²) in [7, 11) is 1.92. The van der Waals surface area contributed by atoms with Crippen LogP contribution < -0.4 is 5.32 Å². The normalized spacial score (nSPS) is 24.6. The highest BCUT2D eigenvalue weighted by atomic mass is 32.2. The molecular weight excluding hydrogens is 252 g/mol. The topological polar surface area (TPSA) is 32.3 Å². The molecule has 0 unspecified atom stereocenters. The fourth-order valence-electron chi connectivity index (χ4n) is 1.97. The molecule has 3 nitrogen and oxygen atoms in total. The van der Waals surface area contributed by atoms with Crippen LogP contribution in [0.25, 0.3) is 0 Å². The molecule has 1 aliphatic heterocycles. The number of likely N-dealkylation sites (N-methyl/N-ethyl adjacent to an activating group) is 1. The second-order valence-corrected chi connectivity index (χ2v) is 6.61. The van der Waals surface area contributed by atoms with Gasteiger partial charge < -0.3 is 10.2 Å². The van der Waals surface area contributed by atoms with Gasteiger partial charge in [0.1, 0.15) is 5.37 Å². The van der Waals surface area contributed by atoms with Gasteiger partial charge in [0.25, 0.3) is 0 Å². The highest BCUT2D eigenvalue weighted by Gasteiger charge is 2.39. The average Bonchev–Trinajstić information content (AvgIpc) is 2.83. The van der Waals surface area contributed by atoms with Crippen LogP contribution in [0.1, 0.15) is 22.7 Å². The van der Waals surface area contributed by atoms with Crippen molar-refractivity contribution in [3.05, 3.63) is 21.9 Å². The zero-order valence-corrected chi connectivity index (χ0v) is 12.0. The minimum atomic E-state index is 0.0818.